The lowest BCUT2D eigenvalue weighted by molar-refractivity contribution is -0.384. The molecule has 0 bridgehead atoms. The highest BCUT2D eigenvalue weighted by Gasteiger charge is 2.25. The van der Waals surface area contributed by atoms with Gasteiger partial charge in [0.2, 0.25) is 0 Å². The van der Waals surface area contributed by atoms with Crippen LogP contribution in [0.1, 0.15) is 33.6 Å². The van der Waals surface area contributed by atoms with Crippen molar-refractivity contribution in [1.29, 1.82) is 0 Å². The summed E-state index contributed by atoms with van der Waals surface area (Å²) in [5, 5.41) is 16.4. The summed E-state index contributed by atoms with van der Waals surface area (Å²) in [5.74, 6) is -0.721. The van der Waals surface area contributed by atoms with Gasteiger partial charge in [-0.1, -0.05) is 11.6 Å². The quantitative estimate of drug-likeness (QED) is 0.568. The lowest BCUT2D eigenvalue weighted by Crippen LogP contribution is -2.27. The Kier molecular flexibility index (Phi) is 5.51. The van der Waals surface area contributed by atoms with E-state index in [4.69, 9.17) is 11.6 Å². The Balaban J connectivity index is 1.84. The summed E-state index contributed by atoms with van der Waals surface area (Å²) < 4.78 is 0. The summed E-state index contributed by atoms with van der Waals surface area (Å²) in [7, 11) is 3.66. The van der Waals surface area contributed by atoms with Crippen LogP contribution in [0, 0.1) is 10.1 Å². The smallest absolute Gasteiger partial charge is 0.270 e. The van der Waals surface area contributed by atoms with Gasteiger partial charge in [0.25, 0.3) is 17.5 Å². The molecule has 2 aromatic rings. The molecule has 0 radical (unpaired) electrons. The number of carbonyl (C=O) groups is 2. The summed E-state index contributed by atoms with van der Waals surface area (Å²) in [6.45, 7) is 0. The molecule has 0 saturated heterocycles. The molecule has 0 atom stereocenters. The van der Waals surface area contributed by atoms with Crippen LogP contribution in [0.5, 0.6) is 0 Å². The molecule has 1 saturated carbocycles. The predicted molar refractivity (Wildman–Crippen MR) is 107 cm³/mol. The predicted octanol–water partition coefficient (Wildman–Crippen LogP) is 3.46. The minimum atomic E-state index is -0.585. The van der Waals surface area contributed by atoms with Gasteiger partial charge in [0, 0.05) is 43.6 Å². The van der Waals surface area contributed by atoms with Gasteiger partial charge in [0.15, 0.2) is 0 Å². The summed E-state index contributed by atoms with van der Waals surface area (Å²) in [5.41, 5.74) is 1.50. The minimum absolute atomic E-state index is 0.0247. The van der Waals surface area contributed by atoms with Crippen LogP contribution in [0.15, 0.2) is 36.4 Å². The van der Waals surface area contributed by atoms with E-state index in [1.807, 2.05) is 19.0 Å². The number of anilines is 2. The van der Waals surface area contributed by atoms with E-state index in [2.05, 4.69) is 10.6 Å². The van der Waals surface area contributed by atoms with Crippen LogP contribution in [0.2, 0.25) is 5.02 Å². The Hall–Kier alpha value is -3.13. The number of rotatable bonds is 6. The zero-order valence-electron chi connectivity index (χ0n) is 15.4. The Morgan fingerprint density at radius 2 is 1.82 bits per heavy atom. The largest absolute Gasteiger partial charge is 0.377 e. The fourth-order valence-electron chi connectivity index (χ4n) is 2.68. The van der Waals surface area contributed by atoms with Crippen LogP contribution in [0.25, 0.3) is 0 Å². The third-order valence-corrected chi connectivity index (χ3v) is 4.61. The highest BCUT2D eigenvalue weighted by atomic mass is 35.5. The maximum atomic E-state index is 12.5. The Labute approximate surface area is 166 Å². The second kappa shape index (κ2) is 7.85. The van der Waals surface area contributed by atoms with Crippen molar-refractivity contribution in [1.82, 2.24) is 5.32 Å². The summed E-state index contributed by atoms with van der Waals surface area (Å²) in [4.78, 5) is 37.1. The molecule has 0 unspecified atom stereocenters. The van der Waals surface area contributed by atoms with Gasteiger partial charge < -0.3 is 15.5 Å². The summed E-state index contributed by atoms with van der Waals surface area (Å²) in [6, 6.07) is 8.87. The van der Waals surface area contributed by atoms with Crippen LogP contribution in [-0.4, -0.2) is 36.9 Å². The number of halogens is 1. The average Bonchev–Trinajstić information content (AvgIpc) is 3.45. The first-order valence-electron chi connectivity index (χ1n) is 8.64. The van der Waals surface area contributed by atoms with Gasteiger partial charge >= 0.3 is 0 Å². The molecule has 1 aliphatic carbocycles. The zero-order valence-corrected chi connectivity index (χ0v) is 16.1. The van der Waals surface area contributed by atoms with Gasteiger partial charge in [-0.15, -0.1) is 0 Å². The molecular formula is C19H19ClN4O4. The van der Waals surface area contributed by atoms with E-state index in [9.17, 15) is 19.7 Å². The van der Waals surface area contributed by atoms with E-state index in [1.165, 1.54) is 12.1 Å². The average molecular weight is 403 g/mol. The number of nitrogens with zero attached hydrogens (tertiary/aromatic N) is 2. The number of amides is 2. The highest BCUT2D eigenvalue weighted by molar-refractivity contribution is 6.34. The van der Waals surface area contributed by atoms with E-state index >= 15 is 0 Å². The number of non-ortho nitro benzene ring substituents is 1. The molecule has 1 fully saturated rings. The summed E-state index contributed by atoms with van der Waals surface area (Å²) in [6.07, 6.45) is 1.94. The first kappa shape index (κ1) is 19.6. The van der Waals surface area contributed by atoms with Gasteiger partial charge in [-0.2, -0.15) is 0 Å². The third-order valence-electron chi connectivity index (χ3n) is 4.30. The molecule has 2 aromatic carbocycles. The molecule has 1 aliphatic rings. The lowest BCUT2D eigenvalue weighted by Gasteiger charge is -2.18. The standard InChI is InChI=1S/C19H19ClN4O4/c1-23(2)17-8-5-12(9-15(17)19(26)21-11-3-4-11)22-18(25)14-7-6-13(24(27)28)10-16(14)20/h5-11H,3-4H2,1-2H3,(H,21,26)(H,22,25). The molecular weight excluding hydrogens is 384 g/mol. The van der Waals surface area contributed by atoms with Crippen LogP contribution in [0.3, 0.4) is 0 Å². The molecule has 0 spiro atoms. The molecule has 0 heterocycles. The van der Waals surface area contributed by atoms with E-state index in [1.54, 1.807) is 18.2 Å². The van der Waals surface area contributed by atoms with Crippen molar-refractivity contribution in [2.24, 2.45) is 0 Å². The Morgan fingerprint density at radius 3 is 2.39 bits per heavy atom. The van der Waals surface area contributed by atoms with Gasteiger partial charge in [-0.3, -0.25) is 19.7 Å². The van der Waals surface area contributed by atoms with Gasteiger partial charge in [-0.25, -0.2) is 0 Å². The number of benzene rings is 2. The zero-order chi connectivity index (χ0) is 20.4. The van der Waals surface area contributed by atoms with Crippen LogP contribution in [0.4, 0.5) is 17.1 Å². The van der Waals surface area contributed by atoms with Crippen molar-refractivity contribution in [2.75, 3.05) is 24.3 Å². The Morgan fingerprint density at radius 1 is 1.11 bits per heavy atom. The van der Waals surface area contributed by atoms with Crippen molar-refractivity contribution in [3.05, 3.63) is 62.7 Å². The molecule has 8 nitrogen and oxygen atoms in total. The number of nitro benzene ring substituents is 1. The van der Waals surface area contributed by atoms with E-state index in [-0.39, 0.29) is 28.2 Å². The van der Waals surface area contributed by atoms with Crippen molar-refractivity contribution >= 4 is 40.5 Å². The molecule has 146 valence electrons. The first-order valence-corrected chi connectivity index (χ1v) is 9.01. The van der Waals surface area contributed by atoms with Gasteiger partial charge in [0.05, 0.1) is 21.1 Å². The normalized spacial score (nSPS) is 13.0. The minimum Gasteiger partial charge on any atom is -0.377 e. The monoisotopic (exact) mass is 402 g/mol. The number of nitro groups is 1. The van der Waals surface area contributed by atoms with E-state index < -0.39 is 10.8 Å². The molecule has 9 heteroatoms. The third kappa shape index (κ3) is 4.40. The van der Waals surface area contributed by atoms with E-state index in [0.717, 1.165) is 24.6 Å². The maximum absolute atomic E-state index is 12.5. The Bertz CT molecular complexity index is 957. The van der Waals surface area contributed by atoms with Crippen LogP contribution >= 0.6 is 11.6 Å². The number of nitrogens with one attached hydrogen (secondary N) is 2. The number of carbonyl (C=O) groups excluding carboxylic acids is 2. The first-order chi connectivity index (χ1) is 13.3. The molecule has 2 N–H and O–H groups in total. The molecule has 0 aromatic heterocycles. The fourth-order valence-corrected chi connectivity index (χ4v) is 2.94. The SMILES string of the molecule is CN(C)c1ccc(NC(=O)c2ccc([N+](=O)[O-])cc2Cl)cc1C(=O)NC1CC1. The van der Waals surface area contributed by atoms with E-state index in [0.29, 0.717) is 11.3 Å². The van der Waals surface area contributed by atoms with Crippen molar-refractivity contribution in [2.45, 2.75) is 18.9 Å². The molecule has 3 rings (SSSR count). The molecule has 28 heavy (non-hydrogen) atoms. The number of hydrogen-bond acceptors (Lipinski definition) is 5. The topological polar surface area (TPSA) is 105 Å². The molecule has 0 aliphatic heterocycles. The summed E-state index contributed by atoms with van der Waals surface area (Å²) >= 11 is 6.01. The number of hydrogen-bond donors (Lipinski definition) is 2. The second-order valence-electron chi connectivity index (χ2n) is 6.75. The van der Waals surface area contributed by atoms with Crippen molar-refractivity contribution in [3.8, 4) is 0 Å². The second-order valence-corrected chi connectivity index (χ2v) is 7.16. The highest BCUT2D eigenvalue weighted by Crippen LogP contribution is 2.27. The van der Waals surface area contributed by atoms with Crippen LogP contribution < -0.4 is 15.5 Å². The lowest BCUT2D eigenvalue weighted by atomic mass is 10.1. The van der Waals surface area contributed by atoms with Gasteiger partial charge in [0.1, 0.15) is 0 Å². The van der Waals surface area contributed by atoms with Gasteiger partial charge in [-0.05, 0) is 37.1 Å². The fraction of sp³-hybridized carbons (Fsp3) is 0.263. The maximum Gasteiger partial charge on any atom is 0.270 e. The van der Waals surface area contributed by atoms with Crippen molar-refractivity contribution in [3.63, 3.8) is 0 Å². The van der Waals surface area contributed by atoms with Crippen molar-refractivity contribution < 1.29 is 14.5 Å². The van der Waals surface area contributed by atoms with Crippen LogP contribution in [-0.2, 0) is 0 Å². The molecule has 2 amide bonds.